The number of anilines is 1. The van der Waals surface area contributed by atoms with Gasteiger partial charge < -0.3 is 15.2 Å². The van der Waals surface area contributed by atoms with Crippen molar-refractivity contribution in [3.8, 4) is 5.75 Å². The van der Waals surface area contributed by atoms with E-state index in [1.165, 1.54) is 0 Å². The molecule has 1 heterocycles. The maximum atomic E-state index is 11.7. The first-order valence-corrected chi connectivity index (χ1v) is 6.91. The minimum absolute atomic E-state index is 0.149. The Hall–Kier alpha value is -1.75. The number of benzene rings is 1. The lowest BCUT2D eigenvalue weighted by atomic mass is 10.0. The number of carbonyl (C=O) groups is 1. The van der Waals surface area contributed by atoms with Gasteiger partial charge in [-0.15, -0.1) is 0 Å². The van der Waals surface area contributed by atoms with Gasteiger partial charge in [-0.1, -0.05) is 0 Å². The van der Waals surface area contributed by atoms with Gasteiger partial charge in [0.15, 0.2) is 0 Å². The molecule has 1 aromatic carbocycles. The summed E-state index contributed by atoms with van der Waals surface area (Å²) < 4.78 is 5.21. The highest BCUT2D eigenvalue weighted by molar-refractivity contribution is 5.85. The number of nitrogens with one attached hydrogen (secondary N) is 2. The zero-order valence-corrected chi connectivity index (χ0v) is 12.2. The van der Waals surface area contributed by atoms with Crippen LogP contribution in [-0.2, 0) is 4.74 Å². The zero-order valence-electron chi connectivity index (χ0n) is 12.2. The molecule has 0 spiro atoms. The molecule has 1 aromatic rings. The van der Waals surface area contributed by atoms with Gasteiger partial charge in [-0.25, -0.2) is 4.79 Å². The molecule has 5 heteroatoms. The van der Waals surface area contributed by atoms with Crippen molar-refractivity contribution in [1.29, 1.82) is 0 Å². The molecule has 5 nitrogen and oxygen atoms in total. The van der Waals surface area contributed by atoms with E-state index in [-0.39, 0.29) is 11.8 Å². The van der Waals surface area contributed by atoms with Crippen LogP contribution >= 0.6 is 0 Å². The van der Waals surface area contributed by atoms with E-state index in [2.05, 4.69) is 10.6 Å². The summed E-state index contributed by atoms with van der Waals surface area (Å²) in [6.07, 6.45) is 1.59. The number of phenolic OH excluding ortho intramolecular Hbond substituents is 1. The van der Waals surface area contributed by atoms with Gasteiger partial charge >= 0.3 is 6.09 Å². The van der Waals surface area contributed by atoms with Crippen molar-refractivity contribution in [3.05, 3.63) is 23.8 Å². The van der Waals surface area contributed by atoms with Gasteiger partial charge in [0.1, 0.15) is 11.4 Å². The van der Waals surface area contributed by atoms with Crippen molar-refractivity contribution >= 4 is 11.8 Å². The fourth-order valence-electron chi connectivity index (χ4n) is 2.28. The van der Waals surface area contributed by atoms with Gasteiger partial charge in [-0.3, -0.25) is 5.32 Å². The predicted molar refractivity (Wildman–Crippen MR) is 77.9 cm³/mol. The molecule has 1 fully saturated rings. The van der Waals surface area contributed by atoms with Crippen LogP contribution in [0.25, 0.3) is 0 Å². The highest BCUT2D eigenvalue weighted by Gasteiger charge is 2.21. The Kier molecular flexibility index (Phi) is 4.18. The van der Waals surface area contributed by atoms with E-state index in [1.54, 1.807) is 18.2 Å². The van der Waals surface area contributed by atoms with Crippen LogP contribution in [0.4, 0.5) is 10.5 Å². The number of carbonyl (C=O) groups excluding carboxylic acids is 1. The number of amides is 1. The van der Waals surface area contributed by atoms with E-state index >= 15 is 0 Å². The first-order chi connectivity index (χ1) is 9.35. The third-order valence-electron chi connectivity index (χ3n) is 3.11. The molecule has 2 rings (SSSR count). The van der Waals surface area contributed by atoms with Crippen molar-refractivity contribution in [2.45, 2.75) is 45.3 Å². The average molecular weight is 278 g/mol. The molecular formula is C15H22N2O3. The molecule has 1 aliphatic rings. The fraction of sp³-hybridized carbons (Fsp3) is 0.533. The molecule has 3 N–H and O–H groups in total. The summed E-state index contributed by atoms with van der Waals surface area (Å²) >= 11 is 0. The molecule has 0 aliphatic carbocycles. The molecule has 1 unspecified atom stereocenters. The normalized spacial score (nSPS) is 18.9. The molecule has 0 radical (unpaired) electrons. The first kappa shape index (κ1) is 14.7. The van der Waals surface area contributed by atoms with Crippen LogP contribution in [-0.4, -0.2) is 23.3 Å². The standard InChI is InChI=1S/C15H22N2O3/c1-15(2,3)20-14(19)17-10-6-7-13(18)11(9-10)12-5-4-8-16-12/h6-7,9,12,16,18H,4-5,8H2,1-3H3,(H,17,19). The molecule has 1 aliphatic heterocycles. The average Bonchev–Trinajstić information content (AvgIpc) is 2.82. The quantitative estimate of drug-likeness (QED) is 0.727. The molecule has 1 saturated heterocycles. The van der Waals surface area contributed by atoms with Gasteiger partial charge in [0, 0.05) is 17.3 Å². The number of phenols is 1. The molecule has 1 atom stereocenters. The van der Waals surface area contributed by atoms with Crippen LogP contribution in [0.3, 0.4) is 0 Å². The Bertz CT molecular complexity index is 488. The molecule has 20 heavy (non-hydrogen) atoms. The summed E-state index contributed by atoms with van der Waals surface area (Å²) in [5.74, 6) is 0.249. The van der Waals surface area contributed by atoms with Crippen LogP contribution in [0.1, 0.15) is 45.2 Å². The maximum absolute atomic E-state index is 11.7. The highest BCUT2D eigenvalue weighted by Crippen LogP contribution is 2.32. The summed E-state index contributed by atoms with van der Waals surface area (Å²) in [7, 11) is 0. The summed E-state index contributed by atoms with van der Waals surface area (Å²) in [6.45, 7) is 6.40. The van der Waals surface area contributed by atoms with E-state index in [1.807, 2.05) is 20.8 Å². The monoisotopic (exact) mass is 278 g/mol. The van der Waals surface area contributed by atoms with Crippen molar-refractivity contribution < 1.29 is 14.6 Å². The molecule has 0 bridgehead atoms. The Labute approximate surface area is 119 Å². The second kappa shape index (κ2) is 5.71. The van der Waals surface area contributed by atoms with Crippen LogP contribution in [0.15, 0.2) is 18.2 Å². The third kappa shape index (κ3) is 3.87. The van der Waals surface area contributed by atoms with E-state index in [4.69, 9.17) is 4.74 Å². The second-order valence-corrected chi connectivity index (χ2v) is 6.05. The number of aromatic hydroxyl groups is 1. The largest absolute Gasteiger partial charge is 0.508 e. The van der Waals surface area contributed by atoms with Gasteiger partial charge in [0.2, 0.25) is 0 Å². The van der Waals surface area contributed by atoms with Crippen molar-refractivity contribution in [1.82, 2.24) is 5.32 Å². The topological polar surface area (TPSA) is 70.6 Å². The molecule has 0 saturated carbocycles. The predicted octanol–water partition coefficient (Wildman–Crippen LogP) is 3.16. The summed E-state index contributed by atoms with van der Waals surface area (Å²) in [4.78, 5) is 11.7. The zero-order chi connectivity index (χ0) is 14.8. The van der Waals surface area contributed by atoms with Crippen LogP contribution in [0, 0.1) is 0 Å². The Morgan fingerprint density at radius 3 is 2.80 bits per heavy atom. The smallest absolute Gasteiger partial charge is 0.412 e. The van der Waals surface area contributed by atoms with Crippen molar-refractivity contribution in [3.63, 3.8) is 0 Å². The number of hydrogen-bond acceptors (Lipinski definition) is 4. The van der Waals surface area contributed by atoms with E-state index < -0.39 is 11.7 Å². The van der Waals surface area contributed by atoms with Crippen molar-refractivity contribution in [2.24, 2.45) is 0 Å². The number of ether oxygens (including phenoxy) is 1. The van der Waals surface area contributed by atoms with Gasteiger partial charge in [-0.05, 0) is 58.4 Å². The summed E-state index contributed by atoms with van der Waals surface area (Å²) in [5, 5.41) is 16.0. The Balaban J connectivity index is 2.09. The lowest BCUT2D eigenvalue weighted by Gasteiger charge is -2.20. The Morgan fingerprint density at radius 1 is 1.45 bits per heavy atom. The maximum Gasteiger partial charge on any atom is 0.412 e. The highest BCUT2D eigenvalue weighted by atomic mass is 16.6. The van der Waals surface area contributed by atoms with Gasteiger partial charge in [0.25, 0.3) is 0 Å². The Morgan fingerprint density at radius 2 is 2.20 bits per heavy atom. The number of rotatable bonds is 2. The van der Waals surface area contributed by atoms with Crippen LogP contribution in [0.2, 0.25) is 0 Å². The summed E-state index contributed by atoms with van der Waals surface area (Å²) in [6, 6.07) is 5.21. The van der Waals surface area contributed by atoms with Gasteiger partial charge in [0.05, 0.1) is 0 Å². The van der Waals surface area contributed by atoms with Gasteiger partial charge in [-0.2, -0.15) is 0 Å². The van der Waals surface area contributed by atoms with Crippen LogP contribution in [0.5, 0.6) is 5.75 Å². The van der Waals surface area contributed by atoms with E-state index in [9.17, 15) is 9.90 Å². The third-order valence-corrected chi connectivity index (χ3v) is 3.11. The molecule has 110 valence electrons. The van der Waals surface area contributed by atoms with E-state index in [0.29, 0.717) is 5.69 Å². The minimum Gasteiger partial charge on any atom is -0.508 e. The van der Waals surface area contributed by atoms with Crippen LogP contribution < -0.4 is 10.6 Å². The van der Waals surface area contributed by atoms with E-state index in [0.717, 1.165) is 24.9 Å². The van der Waals surface area contributed by atoms with Crippen molar-refractivity contribution in [2.75, 3.05) is 11.9 Å². The molecule has 0 aromatic heterocycles. The number of hydrogen-bond donors (Lipinski definition) is 3. The second-order valence-electron chi connectivity index (χ2n) is 6.05. The lowest BCUT2D eigenvalue weighted by Crippen LogP contribution is -2.27. The first-order valence-electron chi connectivity index (χ1n) is 6.91. The summed E-state index contributed by atoms with van der Waals surface area (Å²) in [5.41, 5.74) is 0.911. The minimum atomic E-state index is -0.531. The molecular weight excluding hydrogens is 256 g/mol. The lowest BCUT2D eigenvalue weighted by molar-refractivity contribution is 0.0636. The molecule has 1 amide bonds. The fourth-order valence-corrected chi connectivity index (χ4v) is 2.28. The SMILES string of the molecule is CC(C)(C)OC(=O)Nc1ccc(O)c(C2CCCN2)c1.